The number of aromatic amines is 2. The van der Waals surface area contributed by atoms with Crippen molar-refractivity contribution in [3.63, 3.8) is 0 Å². The monoisotopic (exact) mass is 211 g/mol. The minimum atomic E-state index is -0.0668. The van der Waals surface area contributed by atoms with Crippen molar-refractivity contribution in [2.75, 3.05) is 0 Å². The first-order valence-corrected chi connectivity index (χ1v) is 4.96. The average Bonchev–Trinajstić information content (AvgIpc) is 2.82. The summed E-state index contributed by atoms with van der Waals surface area (Å²) in [5, 5.41) is 8.32. The molecule has 3 rings (SSSR count). The second-order valence-corrected chi connectivity index (χ2v) is 3.56. The highest BCUT2D eigenvalue weighted by Crippen LogP contribution is 2.25. The number of nitrogens with zero attached hydrogens (tertiary/aromatic N) is 1. The number of pyridine rings is 1. The predicted molar refractivity (Wildman–Crippen MR) is 62.2 cm³/mol. The molecule has 2 heterocycles. The molecule has 0 fully saturated rings. The summed E-state index contributed by atoms with van der Waals surface area (Å²) in [6, 6.07) is 7.57. The van der Waals surface area contributed by atoms with Gasteiger partial charge in [0.25, 0.3) is 5.56 Å². The summed E-state index contributed by atoms with van der Waals surface area (Å²) in [4.78, 5) is 14.3. The molecule has 0 atom stereocenters. The van der Waals surface area contributed by atoms with E-state index in [2.05, 4.69) is 15.2 Å². The van der Waals surface area contributed by atoms with E-state index < -0.39 is 0 Å². The summed E-state index contributed by atoms with van der Waals surface area (Å²) >= 11 is 0. The van der Waals surface area contributed by atoms with Crippen LogP contribution >= 0.6 is 0 Å². The molecule has 78 valence electrons. The van der Waals surface area contributed by atoms with Crippen LogP contribution in [0, 0.1) is 0 Å². The lowest BCUT2D eigenvalue weighted by Gasteiger charge is -2.02. The van der Waals surface area contributed by atoms with Gasteiger partial charge < -0.3 is 4.98 Å². The summed E-state index contributed by atoms with van der Waals surface area (Å²) in [6.07, 6.45) is 5.22. The molecule has 1 aromatic carbocycles. The molecule has 0 unspecified atom stereocenters. The molecule has 2 N–H and O–H groups in total. The summed E-state index contributed by atoms with van der Waals surface area (Å²) in [6.45, 7) is 0. The highest BCUT2D eigenvalue weighted by Gasteiger charge is 2.05. The van der Waals surface area contributed by atoms with E-state index in [1.807, 2.05) is 30.5 Å². The van der Waals surface area contributed by atoms with Crippen LogP contribution in [0.25, 0.3) is 21.9 Å². The molecule has 0 bridgehead atoms. The molecule has 0 radical (unpaired) electrons. The fourth-order valence-corrected chi connectivity index (χ4v) is 1.87. The third kappa shape index (κ3) is 1.24. The highest BCUT2D eigenvalue weighted by atomic mass is 16.1. The van der Waals surface area contributed by atoms with E-state index in [0.29, 0.717) is 5.39 Å². The maximum absolute atomic E-state index is 11.6. The van der Waals surface area contributed by atoms with Crippen LogP contribution in [0.1, 0.15) is 0 Å². The lowest BCUT2D eigenvalue weighted by atomic mass is 10.0. The lowest BCUT2D eigenvalue weighted by Crippen LogP contribution is -2.04. The van der Waals surface area contributed by atoms with Crippen LogP contribution in [-0.2, 0) is 0 Å². The van der Waals surface area contributed by atoms with E-state index in [4.69, 9.17) is 0 Å². The van der Waals surface area contributed by atoms with Crippen molar-refractivity contribution in [3.8, 4) is 11.1 Å². The first-order valence-electron chi connectivity index (χ1n) is 4.96. The third-order valence-corrected chi connectivity index (χ3v) is 2.62. The molecule has 16 heavy (non-hydrogen) atoms. The lowest BCUT2D eigenvalue weighted by molar-refractivity contribution is 1.09. The average molecular weight is 211 g/mol. The Morgan fingerprint density at radius 2 is 2.06 bits per heavy atom. The predicted octanol–water partition coefficient (Wildman–Crippen LogP) is 1.92. The number of nitrogens with one attached hydrogen (secondary N) is 2. The van der Waals surface area contributed by atoms with Gasteiger partial charge in [-0.25, -0.2) is 0 Å². The zero-order valence-corrected chi connectivity index (χ0v) is 8.40. The number of hydrogen-bond acceptors (Lipinski definition) is 2. The Balaban J connectivity index is 2.43. The number of hydrogen-bond donors (Lipinski definition) is 2. The molecule has 3 aromatic rings. The van der Waals surface area contributed by atoms with Crippen molar-refractivity contribution in [1.82, 2.24) is 15.2 Å². The molecule has 2 aromatic heterocycles. The van der Waals surface area contributed by atoms with Crippen LogP contribution in [-0.4, -0.2) is 15.2 Å². The molecule has 0 aliphatic heterocycles. The van der Waals surface area contributed by atoms with Crippen molar-refractivity contribution in [2.24, 2.45) is 0 Å². The van der Waals surface area contributed by atoms with Crippen LogP contribution in [0.5, 0.6) is 0 Å². The maximum atomic E-state index is 11.6. The van der Waals surface area contributed by atoms with Gasteiger partial charge in [-0.15, -0.1) is 0 Å². The van der Waals surface area contributed by atoms with Gasteiger partial charge in [0, 0.05) is 23.3 Å². The molecule has 0 aliphatic rings. The zero-order chi connectivity index (χ0) is 11.0. The first kappa shape index (κ1) is 8.91. The fraction of sp³-hybridized carbons (Fsp3) is 0. The Bertz CT molecular complexity index is 683. The molecule has 4 nitrogen and oxygen atoms in total. The van der Waals surface area contributed by atoms with Gasteiger partial charge in [-0.2, -0.15) is 5.10 Å². The highest BCUT2D eigenvalue weighted by molar-refractivity contribution is 5.95. The third-order valence-electron chi connectivity index (χ3n) is 2.62. The molecule has 0 amide bonds. The van der Waals surface area contributed by atoms with Gasteiger partial charge in [-0.05, 0) is 23.1 Å². The first-order chi connectivity index (χ1) is 7.86. The van der Waals surface area contributed by atoms with Crippen molar-refractivity contribution < 1.29 is 0 Å². The Morgan fingerprint density at radius 3 is 2.88 bits per heavy atom. The van der Waals surface area contributed by atoms with Crippen LogP contribution in [0.4, 0.5) is 0 Å². The molecule has 0 spiro atoms. The van der Waals surface area contributed by atoms with Crippen LogP contribution in [0.3, 0.4) is 0 Å². The van der Waals surface area contributed by atoms with E-state index in [9.17, 15) is 4.79 Å². The molecule has 0 aliphatic carbocycles. The van der Waals surface area contributed by atoms with Gasteiger partial charge in [0.05, 0.1) is 6.20 Å². The topological polar surface area (TPSA) is 61.5 Å². The Kier molecular flexibility index (Phi) is 1.86. The number of benzene rings is 1. The van der Waals surface area contributed by atoms with Crippen molar-refractivity contribution in [1.29, 1.82) is 0 Å². The zero-order valence-electron chi connectivity index (χ0n) is 8.40. The van der Waals surface area contributed by atoms with Gasteiger partial charge in [-0.1, -0.05) is 12.1 Å². The van der Waals surface area contributed by atoms with Gasteiger partial charge >= 0.3 is 0 Å². The van der Waals surface area contributed by atoms with E-state index in [1.54, 1.807) is 12.4 Å². The van der Waals surface area contributed by atoms with E-state index in [-0.39, 0.29) is 5.56 Å². The van der Waals surface area contributed by atoms with E-state index in [0.717, 1.165) is 16.5 Å². The minimum absolute atomic E-state index is 0.0668. The number of aromatic nitrogens is 3. The number of H-pyrrole nitrogens is 2. The second kappa shape index (κ2) is 3.34. The Morgan fingerprint density at radius 1 is 1.12 bits per heavy atom. The standard InChI is InChI=1S/C12H9N3O/c16-12-11-3-1-2-9(8-6-14-15-7-8)10(11)4-5-13-12/h1-7H,(H,13,16)(H,14,15). The fourth-order valence-electron chi connectivity index (χ4n) is 1.87. The van der Waals surface area contributed by atoms with Gasteiger partial charge in [0.2, 0.25) is 0 Å². The number of fused-ring (bicyclic) bond motifs is 1. The van der Waals surface area contributed by atoms with Gasteiger partial charge in [0.15, 0.2) is 0 Å². The summed E-state index contributed by atoms with van der Waals surface area (Å²) in [5.41, 5.74) is 1.93. The molecular weight excluding hydrogens is 202 g/mol. The normalized spacial score (nSPS) is 10.8. The van der Waals surface area contributed by atoms with Gasteiger partial charge in [0.1, 0.15) is 0 Å². The second-order valence-electron chi connectivity index (χ2n) is 3.56. The van der Waals surface area contributed by atoms with Crippen molar-refractivity contribution in [2.45, 2.75) is 0 Å². The van der Waals surface area contributed by atoms with Crippen LogP contribution < -0.4 is 5.56 Å². The summed E-state index contributed by atoms with van der Waals surface area (Å²) < 4.78 is 0. The summed E-state index contributed by atoms with van der Waals surface area (Å²) in [5.74, 6) is 0. The largest absolute Gasteiger partial charge is 0.329 e. The quantitative estimate of drug-likeness (QED) is 0.646. The Hall–Kier alpha value is -2.36. The molecule has 0 saturated carbocycles. The van der Waals surface area contributed by atoms with Crippen molar-refractivity contribution >= 4 is 10.8 Å². The molecule has 4 heteroatoms. The van der Waals surface area contributed by atoms with E-state index in [1.165, 1.54) is 0 Å². The summed E-state index contributed by atoms with van der Waals surface area (Å²) in [7, 11) is 0. The van der Waals surface area contributed by atoms with Crippen molar-refractivity contribution in [3.05, 3.63) is 53.2 Å². The molecule has 0 saturated heterocycles. The van der Waals surface area contributed by atoms with Crippen LogP contribution in [0.2, 0.25) is 0 Å². The number of rotatable bonds is 1. The maximum Gasteiger partial charge on any atom is 0.255 e. The van der Waals surface area contributed by atoms with Crippen LogP contribution in [0.15, 0.2) is 47.7 Å². The SMILES string of the molecule is O=c1[nH]ccc2c(-c3cn[nH]c3)cccc12. The molecular formula is C12H9N3O. The Labute approximate surface area is 90.9 Å². The minimum Gasteiger partial charge on any atom is -0.329 e. The van der Waals surface area contributed by atoms with E-state index >= 15 is 0 Å². The van der Waals surface area contributed by atoms with Gasteiger partial charge in [-0.3, -0.25) is 9.89 Å². The smallest absolute Gasteiger partial charge is 0.255 e.